The highest BCUT2D eigenvalue weighted by Gasteiger charge is 2.30. The molecular weight excluding hydrogens is 401 g/mol. The first-order chi connectivity index (χ1) is 11.8. The molecule has 0 saturated carbocycles. The maximum Gasteiger partial charge on any atom is 0.416 e. The molecule has 0 atom stereocenters. The second-order valence-electron chi connectivity index (χ2n) is 5.37. The SMILES string of the molecule is Cn1c(=O)c(Br)cc2c(NCc3cccc(C(F)(F)F)c3)ncnc21. The van der Waals surface area contributed by atoms with Crippen LogP contribution in [0.1, 0.15) is 11.1 Å². The zero-order valence-corrected chi connectivity index (χ0v) is 14.5. The van der Waals surface area contributed by atoms with Crippen LogP contribution in [0.4, 0.5) is 19.0 Å². The maximum absolute atomic E-state index is 12.8. The zero-order chi connectivity index (χ0) is 18.2. The van der Waals surface area contributed by atoms with Gasteiger partial charge in [0, 0.05) is 13.6 Å². The Morgan fingerprint density at radius 1 is 1.24 bits per heavy atom. The van der Waals surface area contributed by atoms with Gasteiger partial charge in [0.25, 0.3) is 5.56 Å². The Labute approximate surface area is 148 Å². The van der Waals surface area contributed by atoms with E-state index in [-0.39, 0.29) is 12.1 Å². The monoisotopic (exact) mass is 412 g/mol. The zero-order valence-electron chi connectivity index (χ0n) is 12.9. The summed E-state index contributed by atoms with van der Waals surface area (Å²) >= 11 is 3.19. The molecule has 0 saturated heterocycles. The third-order valence-electron chi connectivity index (χ3n) is 3.67. The van der Waals surface area contributed by atoms with Gasteiger partial charge in [-0.3, -0.25) is 9.36 Å². The molecule has 2 aromatic heterocycles. The lowest BCUT2D eigenvalue weighted by molar-refractivity contribution is -0.137. The number of nitrogens with one attached hydrogen (secondary N) is 1. The summed E-state index contributed by atoms with van der Waals surface area (Å²) < 4.78 is 40.1. The quantitative estimate of drug-likeness (QED) is 0.711. The van der Waals surface area contributed by atoms with Crippen molar-refractivity contribution >= 4 is 32.8 Å². The first kappa shape index (κ1) is 17.4. The number of anilines is 1. The second kappa shape index (κ2) is 6.47. The first-order valence-corrected chi connectivity index (χ1v) is 7.97. The molecule has 9 heteroatoms. The highest BCUT2D eigenvalue weighted by atomic mass is 79.9. The van der Waals surface area contributed by atoms with Crippen molar-refractivity contribution in [2.45, 2.75) is 12.7 Å². The second-order valence-corrected chi connectivity index (χ2v) is 6.22. The van der Waals surface area contributed by atoms with Gasteiger partial charge in [0.15, 0.2) is 0 Å². The summed E-state index contributed by atoms with van der Waals surface area (Å²) in [6.07, 6.45) is -3.09. The highest BCUT2D eigenvalue weighted by Crippen LogP contribution is 2.29. The fourth-order valence-corrected chi connectivity index (χ4v) is 2.91. The van der Waals surface area contributed by atoms with Gasteiger partial charge in [-0.05, 0) is 39.7 Å². The first-order valence-electron chi connectivity index (χ1n) is 7.17. The maximum atomic E-state index is 12.8. The van der Waals surface area contributed by atoms with Gasteiger partial charge < -0.3 is 5.32 Å². The topological polar surface area (TPSA) is 59.8 Å². The van der Waals surface area contributed by atoms with Crippen LogP contribution in [0.2, 0.25) is 0 Å². The number of fused-ring (bicyclic) bond motifs is 1. The van der Waals surface area contributed by atoms with Crippen LogP contribution in [0, 0.1) is 0 Å². The van der Waals surface area contributed by atoms with Crippen LogP contribution >= 0.6 is 15.9 Å². The molecular formula is C16H12BrF3N4O. The minimum Gasteiger partial charge on any atom is -0.365 e. The van der Waals surface area contributed by atoms with E-state index in [1.165, 1.54) is 17.0 Å². The number of hydrogen-bond donors (Lipinski definition) is 1. The Balaban J connectivity index is 1.93. The van der Waals surface area contributed by atoms with E-state index in [0.717, 1.165) is 12.1 Å². The van der Waals surface area contributed by atoms with E-state index < -0.39 is 11.7 Å². The molecule has 5 nitrogen and oxygen atoms in total. The summed E-state index contributed by atoms with van der Waals surface area (Å²) in [6, 6.07) is 6.65. The van der Waals surface area contributed by atoms with Crippen molar-refractivity contribution in [2.75, 3.05) is 5.32 Å². The number of pyridine rings is 1. The third-order valence-corrected chi connectivity index (χ3v) is 4.24. The molecule has 25 heavy (non-hydrogen) atoms. The summed E-state index contributed by atoms with van der Waals surface area (Å²) in [5.74, 6) is 0.429. The molecule has 0 aliphatic heterocycles. The van der Waals surface area contributed by atoms with E-state index in [9.17, 15) is 18.0 Å². The number of hydrogen-bond acceptors (Lipinski definition) is 4. The molecule has 0 unspecified atom stereocenters. The van der Waals surface area contributed by atoms with Gasteiger partial charge >= 0.3 is 6.18 Å². The molecule has 130 valence electrons. The molecule has 0 amide bonds. The summed E-state index contributed by atoms with van der Waals surface area (Å²) in [5.41, 5.74) is -0.0558. The Morgan fingerprint density at radius 2 is 2.00 bits per heavy atom. The van der Waals surface area contributed by atoms with Crippen molar-refractivity contribution in [3.63, 3.8) is 0 Å². The van der Waals surface area contributed by atoms with E-state index in [1.54, 1.807) is 19.2 Å². The number of alkyl halides is 3. The van der Waals surface area contributed by atoms with Gasteiger partial charge in [0.2, 0.25) is 0 Å². The van der Waals surface area contributed by atoms with Crippen molar-refractivity contribution in [2.24, 2.45) is 7.05 Å². The fourth-order valence-electron chi connectivity index (χ4n) is 2.42. The Bertz CT molecular complexity index is 1000. The van der Waals surface area contributed by atoms with Crippen LogP contribution < -0.4 is 10.9 Å². The van der Waals surface area contributed by atoms with Crippen molar-refractivity contribution in [1.82, 2.24) is 14.5 Å². The van der Waals surface area contributed by atoms with Gasteiger partial charge in [0.1, 0.15) is 17.8 Å². The summed E-state index contributed by atoms with van der Waals surface area (Å²) in [4.78, 5) is 20.1. The van der Waals surface area contributed by atoms with Crippen molar-refractivity contribution in [3.8, 4) is 0 Å². The van der Waals surface area contributed by atoms with Crippen LogP contribution in [0.3, 0.4) is 0 Å². The predicted octanol–water partition coefficient (Wildman–Crippen LogP) is 3.72. The number of benzene rings is 1. The van der Waals surface area contributed by atoms with E-state index >= 15 is 0 Å². The molecule has 3 aromatic rings. The minimum absolute atomic E-state index is 0.149. The number of aryl methyl sites for hydroxylation is 1. The summed E-state index contributed by atoms with van der Waals surface area (Å²) in [7, 11) is 1.58. The van der Waals surface area contributed by atoms with Crippen molar-refractivity contribution < 1.29 is 13.2 Å². The number of aromatic nitrogens is 3. The molecule has 0 spiro atoms. The Kier molecular flexibility index (Phi) is 4.51. The van der Waals surface area contributed by atoms with Gasteiger partial charge in [-0.2, -0.15) is 13.2 Å². The van der Waals surface area contributed by atoms with E-state index in [2.05, 4.69) is 31.2 Å². The van der Waals surface area contributed by atoms with E-state index in [0.29, 0.717) is 26.9 Å². The molecule has 0 aliphatic carbocycles. The smallest absolute Gasteiger partial charge is 0.365 e. The fraction of sp³-hybridized carbons (Fsp3) is 0.188. The number of rotatable bonds is 3. The lowest BCUT2D eigenvalue weighted by atomic mass is 10.1. The largest absolute Gasteiger partial charge is 0.416 e. The Morgan fingerprint density at radius 3 is 2.72 bits per heavy atom. The standard InChI is InChI=1S/C16H12BrF3N4O/c1-24-14-11(6-12(17)15(24)25)13(22-8-23-14)21-7-9-3-2-4-10(5-9)16(18,19)20/h2-6,8H,7H2,1H3,(H,21,22,23). The van der Waals surface area contributed by atoms with Crippen molar-refractivity contribution in [1.29, 1.82) is 0 Å². The van der Waals surface area contributed by atoms with Crippen LogP contribution in [0.15, 0.2) is 45.9 Å². The molecule has 0 aliphatic rings. The van der Waals surface area contributed by atoms with Gasteiger partial charge in [-0.25, -0.2) is 9.97 Å². The average molecular weight is 413 g/mol. The molecule has 0 fully saturated rings. The summed E-state index contributed by atoms with van der Waals surface area (Å²) in [6.45, 7) is 0.149. The lowest BCUT2D eigenvalue weighted by Crippen LogP contribution is -2.19. The molecule has 1 aromatic carbocycles. The van der Waals surface area contributed by atoms with Crippen LogP contribution in [-0.2, 0) is 19.8 Å². The number of halogens is 4. The number of nitrogens with zero attached hydrogens (tertiary/aromatic N) is 3. The molecule has 1 N–H and O–H groups in total. The van der Waals surface area contributed by atoms with Crippen LogP contribution in [0.25, 0.3) is 11.0 Å². The molecule has 0 radical (unpaired) electrons. The normalized spacial score (nSPS) is 11.7. The third kappa shape index (κ3) is 3.51. The minimum atomic E-state index is -4.39. The molecule has 3 rings (SSSR count). The average Bonchev–Trinajstić information content (AvgIpc) is 2.58. The van der Waals surface area contributed by atoms with Crippen molar-refractivity contribution in [3.05, 3.63) is 62.6 Å². The molecule has 0 bridgehead atoms. The van der Waals surface area contributed by atoms with Gasteiger partial charge in [-0.15, -0.1) is 0 Å². The summed E-state index contributed by atoms with van der Waals surface area (Å²) in [5, 5.41) is 3.59. The molecule has 2 heterocycles. The van der Waals surface area contributed by atoms with Gasteiger partial charge in [0.05, 0.1) is 15.4 Å². The van der Waals surface area contributed by atoms with Crippen LogP contribution in [0.5, 0.6) is 0 Å². The van der Waals surface area contributed by atoms with E-state index in [1.807, 2.05) is 0 Å². The van der Waals surface area contributed by atoms with Gasteiger partial charge in [-0.1, -0.05) is 12.1 Å². The van der Waals surface area contributed by atoms with E-state index in [4.69, 9.17) is 0 Å². The lowest BCUT2D eigenvalue weighted by Gasteiger charge is -2.12. The van der Waals surface area contributed by atoms with Crippen LogP contribution in [-0.4, -0.2) is 14.5 Å². The predicted molar refractivity (Wildman–Crippen MR) is 91.2 cm³/mol. The Hall–Kier alpha value is -2.42. The highest BCUT2D eigenvalue weighted by molar-refractivity contribution is 9.10.